The normalized spacial score (nSPS) is 21.3. The fraction of sp³-hybridized carbons (Fsp3) is 0.947. The molecule has 1 fully saturated rings. The summed E-state index contributed by atoms with van der Waals surface area (Å²) < 4.78 is 11.4. The van der Waals surface area contributed by atoms with E-state index < -0.39 is 0 Å². The van der Waals surface area contributed by atoms with Crippen molar-refractivity contribution in [2.75, 3.05) is 52.5 Å². The maximum absolute atomic E-state index is 5.78. The van der Waals surface area contributed by atoms with Gasteiger partial charge in [0.1, 0.15) is 0 Å². The van der Waals surface area contributed by atoms with E-state index in [2.05, 4.69) is 48.2 Å². The molecule has 2 N–H and O–H groups in total. The Kier molecular flexibility index (Phi) is 16.9. The maximum atomic E-state index is 5.78. The van der Waals surface area contributed by atoms with Crippen LogP contribution in [0.15, 0.2) is 4.99 Å². The van der Waals surface area contributed by atoms with Crippen molar-refractivity contribution in [3.63, 3.8) is 0 Å². The number of aliphatic imine (C=N–C) groups is 1. The standard InChI is InChI=1S/C19H40N4O2.HI/c1-5-7-13-24-14-9-11-22-19(20-6-2)21-10-8-12-23-15-17(3)25-18(4)16-23;/h17-18H,5-16H2,1-4H3,(H2,20,21,22);1H. The van der Waals surface area contributed by atoms with Crippen molar-refractivity contribution >= 4 is 29.9 Å². The van der Waals surface area contributed by atoms with Gasteiger partial charge in [-0.3, -0.25) is 9.89 Å². The molecule has 1 heterocycles. The Balaban J connectivity index is 0.00000625. The Morgan fingerprint density at radius 1 is 1.08 bits per heavy atom. The van der Waals surface area contributed by atoms with Gasteiger partial charge in [-0.1, -0.05) is 13.3 Å². The molecule has 26 heavy (non-hydrogen) atoms. The van der Waals surface area contributed by atoms with Crippen molar-refractivity contribution in [2.45, 2.75) is 65.6 Å². The molecule has 2 atom stereocenters. The molecule has 0 spiro atoms. The second-order valence-corrected chi connectivity index (χ2v) is 6.88. The van der Waals surface area contributed by atoms with Crippen LogP contribution in [0.2, 0.25) is 0 Å². The highest BCUT2D eigenvalue weighted by molar-refractivity contribution is 14.0. The van der Waals surface area contributed by atoms with Crippen molar-refractivity contribution in [1.29, 1.82) is 0 Å². The zero-order valence-electron chi connectivity index (χ0n) is 17.3. The number of hydrogen-bond donors (Lipinski definition) is 2. The SMILES string of the molecule is CCCCOCCCN=C(NCC)NCCCN1CC(C)OC(C)C1.I. The first kappa shape index (κ1) is 25.9. The highest BCUT2D eigenvalue weighted by Crippen LogP contribution is 2.10. The number of nitrogens with zero attached hydrogens (tertiary/aromatic N) is 2. The van der Waals surface area contributed by atoms with Gasteiger partial charge in [0.2, 0.25) is 0 Å². The number of guanidine groups is 1. The summed E-state index contributed by atoms with van der Waals surface area (Å²) in [5.41, 5.74) is 0. The van der Waals surface area contributed by atoms with Crippen LogP contribution in [0.4, 0.5) is 0 Å². The topological polar surface area (TPSA) is 58.1 Å². The summed E-state index contributed by atoms with van der Waals surface area (Å²) in [6, 6.07) is 0. The van der Waals surface area contributed by atoms with Crippen molar-refractivity contribution in [2.24, 2.45) is 4.99 Å². The monoisotopic (exact) mass is 484 g/mol. The minimum Gasteiger partial charge on any atom is -0.381 e. The van der Waals surface area contributed by atoms with Crippen LogP contribution in [-0.2, 0) is 9.47 Å². The van der Waals surface area contributed by atoms with Gasteiger partial charge in [-0.25, -0.2) is 0 Å². The predicted octanol–water partition coefficient (Wildman–Crippen LogP) is 2.87. The van der Waals surface area contributed by atoms with Gasteiger partial charge in [-0.15, -0.1) is 24.0 Å². The van der Waals surface area contributed by atoms with Crippen LogP contribution in [0.3, 0.4) is 0 Å². The van der Waals surface area contributed by atoms with Crippen LogP contribution >= 0.6 is 24.0 Å². The number of nitrogens with one attached hydrogen (secondary N) is 2. The molecule has 0 aromatic rings. The van der Waals surface area contributed by atoms with Crippen molar-refractivity contribution in [3.8, 4) is 0 Å². The smallest absolute Gasteiger partial charge is 0.191 e. The molecule has 0 aliphatic carbocycles. The molecule has 7 heteroatoms. The number of rotatable bonds is 12. The maximum Gasteiger partial charge on any atom is 0.191 e. The third-order valence-electron chi connectivity index (χ3n) is 4.14. The van der Waals surface area contributed by atoms with E-state index in [1.807, 2.05) is 0 Å². The molecule has 0 bridgehead atoms. The lowest BCUT2D eigenvalue weighted by Crippen LogP contribution is -2.46. The average Bonchev–Trinajstić information content (AvgIpc) is 2.57. The van der Waals surface area contributed by atoms with E-state index in [1.165, 1.54) is 6.42 Å². The van der Waals surface area contributed by atoms with Gasteiger partial charge in [-0.2, -0.15) is 0 Å². The Morgan fingerprint density at radius 2 is 1.77 bits per heavy atom. The van der Waals surface area contributed by atoms with Crippen LogP contribution in [0, 0.1) is 0 Å². The number of unbranched alkanes of at least 4 members (excludes halogenated alkanes) is 1. The molecule has 0 radical (unpaired) electrons. The molecule has 1 aliphatic rings. The number of morpholine rings is 1. The van der Waals surface area contributed by atoms with Gasteiger partial charge in [-0.05, 0) is 40.0 Å². The van der Waals surface area contributed by atoms with E-state index in [-0.39, 0.29) is 24.0 Å². The van der Waals surface area contributed by atoms with Crippen LogP contribution in [0.1, 0.15) is 53.4 Å². The molecule has 6 nitrogen and oxygen atoms in total. The molecule has 2 unspecified atom stereocenters. The third-order valence-corrected chi connectivity index (χ3v) is 4.14. The summed E-state index contributed by atoms with van der Waals surface area (Å²) >= 11 is 0. The second-order valence-electron chi connectivity index (χ2n) is 6.88. The summed E-state index contributed by atoms with van der Waals surface area (Å²) in [6.45, 7) is 16.1. The van der Waals surface area contributed by atoms with Crippen LogP contribution < -0.4 is 10.6 Å². The predicted molar refractivity (Wildman–Crippen MR) is 121 cm³/mol. The molecular formula is C19H41IN4O2. The Bertz CT molecular complexity index is 348. The van der Waals surface area contributed by atoms with Crippen LogP contribution in [0.5, 0.6) is 0 Å². The number of ether oxygens (including phenoxy) is 2. The Labute approximate surface area is 177 Å². The molecular weight excluding hydrogens is 443 g/mol. The van der Waals surface area contributed by atoms with Crippen molar-refractivity contribution in [3.05, 3.63) is 0 Å². The van der Waals surface area contributed by atoms with Crippen LogP contribution in [0.25, 0.3) is 0 Å². The molecule has 156 valence electrons. The highest BCUT2D eigenvalue weighted by atomic mass is 127. The summed E-state index contributed by atoms with van der Waals surface area (Å²) in [5, 5.41) is 6.74. The lowest BCUT2D eigenvalue weighted by molar-refractivity contribution is -0.0679. The molecule has 1 saturated heterocycles. The van der Waals surface area contributed by atoms with E-state index in [9.17, 15) is 0 Å². The first-order valence-corrected chi connectivity index (χ1v) is 10.1. The first-order valence-electron chi connectivity index (χ1n) is 10.1. The molecule has 0 amide bonds. The van der Waals surface area contributed by atoms with Gasteiger partial charge in [0.15, 0.2) is 5.96 Å². The fourth-order valence-corrected chi connectivity index (χ4v) is 3.02. The highest BCUT2D eigenvalue weighted by Gasteiger charge is 2.21. The van der Waals surface area contributed by atoms with Gasteiger partial charge >= 0.3 is 0 Å². The third kappa shape index (κ3) is 13.1. The van der Waals surface area contributed by atoms with E-state index >= 15 is 0 Å². The molecule has 0 aromatic heterocycles. The van der Waals surface area contributed by atoms with Gasteiger partial charge in [0, 0.05) is 52.5 Å². The average molecular weight is 484 g/mol. The molecule has 0 saturated carbocycles. The number of hydrogen-bond acceptors (Lipinski definition) is 4. The Morgan fingerprint density at radius 3 is 2.42 bits per heavy atom. The molecule has 1 rings (SSSR count). The van der Waals surface area contributed by atoms with Gasteiger partial charge in [0.05, 0.1) is 12.2 Å². The lowest BCUT2D eigenvalue weighted by Gasteiger charge is -2.35. The lowest BCUT2D eigenvalue weighted by atomic mass is 10.2. The largest absolute Gasteiger partial charge is 0.381 e. The van der Waals surface area contributed by atoms with Gasteiger partial charge in [0.25, 0.3) is 0 Å². The van der Waals surface area contributed by atoms with E-state index in [0.717, 1.165) is 77.7 Å². The van der Waals surface area contributed by atoms with Gasteiger partial charge < -0.3 is 20.1 Å². The van der Waals surface area contributed by atoms with E-state index in [0.29, 0.717) is 12.2 Å². The van der Waals surface area contributed by atoms with Crippen LogP contribution in [-0.4, -0.2) is 75.5 Å². The minimum absolute atomic E-state index is 0. The molecule has 1 aliphatic heterocycles. The summed E-state index contributed by atoms with van der Waals surface area (Å²) in [4.78, 5) is 7.12. The zero-order chi connectivity index (χ0) is 18.3. The summed E-state index contributed by atoms with van der Waals surface area (Å²) in [7, 11) is 0. The van der Waals surface area contributed by atoms with Crippen molar-refractivity contribution in [1.82, 2.24) is 15.5 Å². The first-order chi connectivity index (χ1) is 12.2. The van der Waals surface area contributed by atoms with E-state index in [1.54, 1.807) is 0 Å². The summed E-state index contributed by atoms with van der Waals surface area (Å²) in [5.74, 6) is 0.916. The number of halogens is 1. The second kappa shape index (κ2) is 17.0. The minimum atomic E-state index is 0. The molecule has 0 aromatic carbocycles. The van der Waals surface area contributed by atoms with Crippen molar-refractivity contribution < 1.29 is 9.47 Å². The summed E-state index contributed by atoms with van der Waals surface area (Å²) in [6.07, 6.45) is 5.11. The Hall–Kier alpha value is -0.120. The fourth-order valence-electron chi connectivity index (χ4n) is 3.02. The zero-order valence-corrected chi connectivity index (χ0v) is 19.6. The van der Waals surface area contributed by atoms with E-state index in [4.69, 9.17) is 9.47 Å². The quantitative estimate of drug-likeness (QED) is 0.193.